The van der Waals surface area contributed by atoms with E-state index in [1.807, 2.05) is 7.05 Å². The molecular formula is C20H27N. The molecule has 0 saturated carbocycles. The van der Waals surface area contributed by atoms with E-state index in [2.05, 4.69) is 67.7 Å². The molecule has 2 aromatic carbocycles. The van der Waals surface area contributed by atoms with E-state index in [-0.39, 0.29) is 0 Å². The molecule has 0 aliphatic carbocycles. The highest BCUT2D eigenvalue weighted by atomic mass is 14.9. The number of unbranched alkanes of at least 4 members (excludes halogenated alkanes) is 1. The Morgan fingerprint density at radius 1 is 1.00 bits per heavy atom. The van der Waals surface area contributed by atoms with Crippen molar-refractivity contribution < 1.29 is 0 Å². The van der Waals surface area contributed by atoms with Crippen LogP contribution in [0.5, 0.6) is 0 Å². The van der Waals surface area contributed by atoms with Crippen molar-refractivity contribution in [2.75, 3.05) is 7.05 Å². The van der Waals surface area contributed by atoms with Crippen LogP contribution in [0.4, 0.5) is 0 Å². The minimum Gasteiger partial charge on any atom is -0.313 e. The first kappa shape index (κ1) is 15.8. The quantitative estimate of drug-likeness (QED) is 0.765. The number of rotatable bonds is 7. The van der Waals surface area contributed by atoms with Gasteiger partial charge in [-0.3, -0.25) is 0 Å². The smallest absolute Gasteiger partial charge is 0.0358 e. The second-order valence-electron chi connectivity index (χ2n) is 5.82. The Balaban J connectivity index is 2.08. The summed E-state index contributed by atoms with van der Waals surface area (Å²) < 4.78 is 0. The molecule has 0 aliphatic rings. The summed E-state index contributed by atoms with van der Waals surface area (Å²) in [7, 11) is 2.05. The van der Waals surface area contributed by atoms with Crippen molar-refractivity contribution >= 4 is 0 Å². The summed E-state index contributed by atoms with van der Waals surface area (Å²) in [6.45, 7) is 4.43. The van der Waals surface area contributed by atoms with Crippen molar-refractivity contribution in [2.45, 2.75) is 45.6 Å². The van der Waals surface area contributed by atoms with Crippen LogP contribution in [0.15, 0.2) is 48.5 Å². The van der Waals surface area contributed by atoms with Gasteiger partial charge in [0.25, 0.3) is 0 Å². The van der Waals surface area contributed by atoms with Gasteiger partial charge in [0.2, 0.25) is 0 Å². The molecule has 2 aromatic rings. The Morgan fingerprint density at radius 3 is 2.33 bits per heavy atom. The molecule has 21 heavy (non-hydrogen) atoms. The minimum atomic E-state index is 0.381. The van der Waals surface area contributed by atoms with Crippen LogP contribution in [-0.2, 0) is 12.8 Å². The normalized spacial score (nSPS) is 12.3. The number of nitrogens with one attached hydrogen (secondary N) is 1. The largest absolute Gasteiger partial charge is 0.313 e. The highest BCUT2D eigenvalue weighted by Crippen LogP contribution is 2.21. The molecule has 0 amide bonds. The maximum atomic E-state index is 3.46. The maximum Gasteiger partial charge on any atom is 0.0358 e. The summed E-state index contributed by atoms with van der Waals surface area (Å²) in [6, 6.07) is 18.2. The molecule has 0 bridgehead atoms. The summed E-state index contributed by atoms with van der Waals surface area (Å²) in [5, 5.41) is 3.46. The van der Waals surface area contributed by atoms with Crippen molar-refractivity contribution in [3.8, 4) is 0 Å². The van der Waals surface area contributed by atoms with Gasteiger partial charge in [-0.2, -0.15) is 0 Å². The molecule has 1 nitrogen and oxygen atoms in total. The molecule has 1 N–H and O–H groups in total. The molecule has 112 valence electrons. The monoisotopic (exact) mass is 281 g/mol. The lowest BCUT2D eigenvalue weighted by atomic mass is 9.95. The summed E-state index contributed by atoms with van der Waals surface area (Å²) in [4.78, 5) is 0. The van der Waals surface area contributed by atoms with Crippen molar-refractivity contribution in [3.05, 3.63) is 70.8 Å². The first-order chi connectivity index (χ1) is 10.2. The van der Waals surface area contributed by atoms with Crippen LogP contribution in [-0.4, -0.2) is 7.05 Å². The van der Waals surface area contributed by atoms with Gasteiger partial charge >= 0.3 is 0 Å². The zero-order chi connectivity index (χ0) is 15.1. The Bertz CT molecular complexity index is 542. The Labute approximate surface area is 129 Å². The zero-order valence-electron chi connectivity index (χ0n) is 13.5. The Kier molecular flexibility index (Phi) is 6.01. The Morgan fingerprint density at radius 2 is 1.71 bits per heavy atom. The van der Waals surface area contributed by atoms with Gasteiger partial charge in [-0.1, -0.05) is 61.9 Å². The van der Waals surface area contributed by atoms with Gasteiger partial charge in [0.1, 0.15) is 0 Å². The summed E-state index contributed by atoms with van der Waals surface area (Å²) in [5.74, 6) is 0. The number of aryl methyl sites for hydroxylation is 2. The van der Waals surface area contributed by atoms with Gasteiger partial charge in [-0.15, -0.1) is 0 Å². The Hall–Kier alpha value is -1.60. The fourth-order valence-electron chi connectivity index (χ4n) is 2.74. The van der Waals surface area contributed by atoms with E-state index in [1.54, 1.807) is 0 Å². The highest BCUT2D eigenvalue weighted by Gasteiger charge is 2.11. The first-order valence-electron chi connectivity index (χ1n) is 8.05. The van der Waals surface area contributed by atoms with E-state index >= 15 is 0 Å². The molecule has 1 atom stereocenters. The fourth-order valence-corrected chi connectivity index (χ4v) is 2.74. The van der Waals surface area contributed by atoms with Crippen LogP contribution in [0, 0.1) is 6.92 Å². The second kappa shape index (κ2) is 7.99. The van der Waals surface area contributed by atoms with Crippen molar-refractivity contribution in [1.82, 2.24) is 5.32 Å². The van der Waals surface area contributed by atoms with Gasteiger partial charge in [0.05, 0.1) is 0 Å². The predicted molar refractivity (Wildman–Crippen MR) is 91.7 cm³/mol. The SMILES string of the molecule is CCCCc1ccc(C(Cc2ccccc2C)NC)cc1. The molecule has 0 aromatic heterocycles. The van der Waals surface area contributed by atoms with Crippen LogP contribution < -0.4 is 5.32 Å². The first-order valence-corrected chi connectivity index (χ1v) is 8.05. The molecule has 0 saturated heterocycles. The number of benzene rings is 2. The van der Waals surface area contributed by atoms with Crippen LogP contribution in [0.25, 0.3) is 0 Å². The van der Waals surface area contributed by atoms with Gasteiger partial charge in [-0.25, -0.2) is 0 Å². The third-order valence-electron chi connectivity index (χ3n) is 4.23. The average Bonchev–Trinajstić information content (AvgIpc) is 2.53. The van der Waals surface area contributed by atoms with Gasteiger partial charge < -0.3 is 5.32 Å². The lowest BCUT2D eigenvalue weighted by Crippen LogP contribution is -2.19. The molecule has 1 heteroatoms. The minimum absolute atomic E-state index is 0.381. The highest BCUT2D eigenvalue weighted by molar-refractivity contribution is 5.30. The fraction of sp³-hybridized carbons (Fsp3) is 0.400. The molecule has 0 aliphatic heterocycles. The van der Waals surface area contributed by atoms with Crippen LogP contribution >= 0.6 is 0 Å². The maximum absolute atomic E-state index is 3.46. The van der Waals surface area contributed by atoms with E-state index in [0.717, 1.165) is 6.42 Å². The summed E-state index contributed by atoms with van der Waals surface area (Å²) in [6.07, 6.45) is 4.77. The second-order valence-corrected chi connectivity index (χ2v) is 5.82. The topological polar surface area (TPSA) is 12.0 Å². The summed E-state index contributed by atoms with van der Waals surface area (Å²) in [5.41, 5.74) is 5.62. The van der Waals surface area contributed by atoms with Crippen LogP contribution in [0.2, 0.25) is 0 Å². The van der Waals surface area contributed by atoms with Gasteiger partial charge in [0, 0.05) is 6.04 Å². The molecule has 1 unspecified atom stereocenters. The van der Waals surface area contributed by atoms with Crippen LogP contribution in [0.3, 0.4) is 0 Å². The van der Waals surface area contributed by atoms with Crippen molar-refractivity contribution in [3.63, 3.8) is 0 Å². The van der Waals surface area contributed by atoms with E-state index in [9.17, 15) is 0 Å². The average molecular weight is 281 g/mol. The van der Waals surface area contributed by atoms with E-state index in [0.29, 0.717) is 6.04 Å². The molecule has 2 rings (SSSR count). The van der Waals surface area contributed by atoms with Crippen LogP contribution in [0.1, 0.15) is 48.1 Å². The van der Waals surface area contributed by atoms with E-state index in [1.165, 1.54) is 41.5 Å². The third kappa shape index (κ3) is 4.44. The van der Waals surface area contributed by atoms with Gasteiger partial charge in [-0.05, 0) is 55.5 Å². The molecule has 0 spiro atoms. The zero-order valence-corrected chi connectivity index (χ0v) is 13.5. The molecule has 0 fully saturated rings. The molecule has 0 radical (unpaired) electrons. The standard InChI is InChI=1S/C20H27N/c1-4-5-9-17-11-13-18(14-12-17)20(21-3)15-19-10-7-6-8-16(19)2/h6-8,10-14,20-21H,4-5,9,15H2,1-3H3. The van der Waals surface area contributed by atoms with Crippen molar-refractivity contribution in [2.24, 2.45) is 0 Å². The number of likely N-dealkylation sites (N-methyl/N-ethyl adjacent to an activating group) is 1. The number of hydrogen-bond donors (Lipinski definition) is 1. The molecular weight excluding hydrogens is 254 g/mol. The summed E-state index contributed by atoms with van der Waals surface area (Å²) >= 11 is 0. The lowest BCUT2D eigenvalue weighted by Gasteiger charge is -2.18. The lowest BCUT2D eigenvalue weighted by molar-refractivity contribution is 0.590. The van der Waals surface area contributed by atoms with Crippen molar-refractivity contribution in [1.29, 1.82) is 0 Å². The third-order valence-corrected chi connectivity index (χ3v) is 4.23. The van der Waals surface area contributed by atoms with E-state index in [4.69, 9.17) is 0 Å². The predicted octanol–water partition coefficient (Wildman–Crippen LogP) is 4.84. The van der Waals surface area contributed by atoms with E-state index < -0.39 is 0 Å². The molecule has 0 heterocycles. The number of hydrogen-bond acceptors (Lipinski definition) is 1. The van der Waals surface area contributed by atoms with Gasteiger partial charge in [0.15, 0.2) is 0 Å².